The number of carbonyl (C=O) groups excluding carboxylic acids is 1. The van der Waals surface area contributed by atoms with Crippen LogP contribution in [0.1, 0.15) is 21.7 Å². The van der Waals surface area contributed by atoms with Crippen molar-refractivity contribution in [2.75, 3.05) is 31.3 Å². The summed E-state index contributed by atoms with van der Waals surface area (Å²) in [4.78, 5) is 17.5. The van der Waals surface area contributed by atoms with Gasteiger partial charge >= 0.3 is 6.03 Å². The van der Waals surface area contributed by atoms with E-state index in [2.05, 4.69) is 15.6 Å². The van der Waals surface area contributed by atoms with Crippen LogP contribution in [0.2, 0.25) is 0 Å². The summed E-state index contributed by atoms with van der Waals surface area (Å²) in [6, 6.07) is 5.33. The highest BCUT2D eigenvalue weighted by Gasteiger charge is 2.30. The Bertz CT molecular complexity index is 969. The standard InChI is InChI=1S/C17H23N5O3S2/c1-11-5-6-13(9-12(11)2)18-16(23)20-17-19-14-7-8-22(10-15(14)26-17)27(24,25)21(3)4/h5-6,9H,7-8,10H2,1-4H3,(H2,18,19,20,23). The Morgan fingerprint density at radius 2 is 1.96 bits per heavy atom. The van der Waals surface area contributed by atoms with Crippen LogP contribution < -0.4 is 10.6 Å². The van der Waals surface area contributed by atoms with Gasteiger partial charge in [0.1, 0.15) is 0 Å². The molecule has 0 atom stereocenters. The minimum atomic E-state index is -3.46. The number of aryl methyl sites for hydroxylation is 2. The zero-order chi connectivity index (χ0) is 19.8. The molecule has 0 saturated carbocycles. The van der Waals surface area contributed by atoms with Crippen LogP contribution in [0.25, 0.3) is 0 Å². The molecule has 0 saturated heterocycles. The fourth-order valence-corrected chi connectivity index (χ4v) is 4.91. The lowest BCUT2D eigenvalue weighted by atomic mass is 10.1. The van der Waals surface area contributed by atoms with Crippen molar-refractivity contribution in [1.82, 2.24) is 13.6 Å². The van der Waals surface area contributed by atoms with Crippen molar-refractivity contribution in [3.05, 3.63) is 39.9 Å². The van der Waals surface area contributed by atoms with Gasteiger partial charge in [0.25, 0.3) is 10.2 Å². The highest BCUT2D eigenvalue weighted by atomic mass is 32.2. The molecular formula is C17H23N5O3S2. The molecule has 0 unspecified atom stereocenters. The maximum absolute atomic E-state index is 12.3. The normalized spacial score (nSPS) is 14.9. The molecule has 1 aromatic heterocycles. The van der Waals surface area contributed by atoms with Crippen LogP contribution in [-0.2, 0) is 23.2 Å². The predicted molar refractivity (Wildman–Crippen MR) is 107 cm³/mol. The largest absolute Gasteiger partial charge is 0.325 e. The van der Waals surface area contributed by atoms with E-state index in [-0.39, 0.29) is 12.6 Å². The minimum absolute atomic E-state index is 0.272. The molecule has 2 aromatic rings. The lowest BCUT2D eigenvalue weighted by Crippen LogP contribution is -2.42. The fraction of sp³-hybridized carbons (Fsp3) is 0.412. The number of hydrogen-bond donors (Lipinski definition) is 2. The number of hydrogen-bond acceptors (Lipinski definition) is 5. The second-order valence-corrected chi connectivity index (χ2v) is 9.87. The van der Waals surface area contributed by atoms with Crippen LogP contribution in [0.15, 0.2) is 18.2 Å². The highest BCUT2D eigenvalue weighted by Crippen LogP contribution is 2.30. The molecule has 10 heteroatoms. The van der Waals surface area contributed by atoms with Crippen LogP contribution >= 0.6 is 11.3 Å². The molecule has 3 rings (SSSR count). The number of amides is 2. The summed E-state index contributed by atoms with van der Waals surface area (Å²) in [7, 11) is -0.428. The Morgan fingerprint density at radius 3 is 2.63 bits per heavy atom. The Balaban J connectivity index is 1.67. The topological polar surface area (TPSA) is 94.6 Å². The second kappa shape index (κ2) is 7.55. The van der Waals surface area contributed by atoms with Crippen molar-refractivity contribution >= 4 is 38.4 Å². The van der Waals surface area contributed by atoms with Crippen molar-refractivity contribution in [3.63, 3.8) is 0 Å². The van der Waals surface area contributed by atoms with Gasteiger partial charge in [-0.1, -0.05) is 17.4 Å². The smallest absolute Gasteiger partial charge is 0.308 e. The number of urea groups is 1. The Morgan fingerprint density at radius 1 is 1.22 bits per heavy atom. The molecule has 0 radical (unpaired) electrons. The van der Waals surface area contributed by atoms with Gasteiger partial charge in [0, 0.05) is 37.6 Å². The number of aromatic nitrogens is 1. The van der Waals surface area contributed by atoms with Crippen LogP contribution in [0.4, 0.5) is 15.6 Å². The summed E-state index contributed by atoms with van der Waals surface area (Å²) in [6.45, 7) is 4.65. The Kier molecular flexibility index (Phi) is 5.52. The first-order chi connectivity index (χ1) is 12.7. The lowest BCUT2D eigenvalue weighted by Gasteiger charge is -2.27. The minimum Gasteiger partial charge on any atom is -0.308 e. The van der Waals surface area contributed by atoms with Gasteiger partial charge in [-0.05, 0) is 37.1 Å². The van der Waals surface area contributed by atoms with E-state index in [0.717, 1.165) is 21.7 Å². The average Bonchev–Trinajstić information content (AvgIpc) is 2.99. The summed E-state index contributed by atoms with van der Waals surface area (Å²) in [5.41, 5.74) is 3.80. The van der Waals surface area contributed by atoms with Crippen molar-refractivity contribution in [3.8, 4) is 0 Å². The molecule has 2 heterocycles. The summed E-state index contributed by atoms with van der Waals surface area (Å²) in [5.74, 6) is 0. The summed E-state index contributed by atoms with van der Waals surface area (Å²) in [5, 5.41) is 5.99. The van der Waals surface area contributed by atoms with E-state index in [0.29, 0.717) is 23.8 Å². The maximum Gasteiger partial charge on any atom is 0.325 e. The highest BCUT2D eigenvalue weighted by molar-refractivity contribution is 7.86. The molecule has 1 aliphatic rings. The molecule has 8 nitrogen and oxygen atoms in total. The average molecular weight is 410 g/mol. The molecular weight excluding hydrogens is 386 g/mol. The molecule has 146 valence electrons. The molecule has 1 aliphatic heterocycles. The van der Waals surface area contributed by atoms with Crippen LogP contribution in [0, 0.1) is 13.8 Å². The maximum atomic E-state index is 12.3. The van der Waals surface area contributed by atoms with Gasteiger partial charge in [-0.15, -0.1) is 0 Å². The van der Waals surface area contributed by atoms with E-state index in [1.165, 1.54) is 34.0 Å². The number of rotatable bonds is 4. The zero-order valence-corrected chi connectivity index (χ0v) is 17.4. The van der Waals surface area contributed by atoms with E-state index in [1.807, 2.05) is 32.0 Å². The number of nitrogens with zero attached hydrogens (tertiary/aromatic N) is 3. The molecule has 0 aliphatic carbocycles. The third-order valence-corrected chi connectivity index (χ3v) is 7.35. The van der Waals surface area contributed by atoms with Gasteiger partial charge in [0.05, 0.1) is 12.2 Å². The number of fused-ring (bicyclic) bond motifs is 1. The first-order valence-corrected chi connectivity index (χ1v) is 10.7. The van der Waals surface area contributed by atoms with E-state index >= 15 is 0 Å². The monoisotopic (exact) mass is 409 g/mol. The summed E-state index contributed by atoms with van der Waals surface area (Å²) in [6.07, 6.45) is 0.527. The molecule has 2 amide bonds. The number of anilines is 2. The van der Waals surface area contributed by atoms with Crippen molar-refractivity contribution < 1.29 is 13.2 Å². The zero-order valence-electron chi connectivity index (χ0n) is 15.7. The van der Waals surface area contributed by atoms with Crippen molar-refractivity contribution in [1.29, 1.82) is 0 Å². The quantitative estimate of drug-likeness (QED) is 0.811. The second-order valence-electron chi connectivity index (χ2n) is 6.64. The van der Waals surface area contributed by atoms with Crippen LogP contribution in [0.5, 0.6) is 0 Å². The number of thiazole rings is 1. The molecule has 0 spiro atoms. The van der Waals surface area contributed by atoms with Gasteiger partial charge in [-0.3, -0.25) is 5.32 Å². The molecule has 27 heavy (non-hydrogen) atoms. The van der Waals surface area contributed by atoms with E-state index < -0.39 is 10.2 Å². The number of carbonyl (C=O) groups is 1. The molecule has 2 N–H and O–H groups in total. The molecule has 0 fully saturated rings. The Labute approximate surface area is 163 Å². The third kappa shape index (κ3) is 4.29. The summed E-state index contributed by atoms with van der Waals surface area (Å²) >= 11 is 1.30. The fourth-order valence-electron chi connectivity index (χ4n) is 2.73. The Hall–Kier alpha value is -2.01. The van der Waals surface area contributed by atoms with Crippen molar-refractivity contribution in [2.24, 2.45) is 0 Å². The molecule has 1 aromatic carbocycles. The van der Waals surface area contributed by atoms with Crippen molar-refractivity contribution in [2.45, 2.75) is 26.8 Å². The molecule has 0 bridgehead atoms. The van der Waals surface area contributed by atoms with Gasteiger partial charge < -0.3 is 5.32 Å². The SMILES string of the molecule is Cc1ccc(NC(=O)Nc2nc3c(s2)CN(S(=O)(=O)N(C)C)CC3)cc1C. The third-order valence-electron chi connectivity index (χ3n) is 4.47. The first kappa shape index (κ1) is 19.7. The van der Waals surface area contributed by atoms with Gasteiger partial charge in [-0.2, -0.15) is 17.0 Å². The van der Waals surface area contributed by atoms with E-state index in [9.17, 15) is 13.2 Å². The van der Waals surface area contributed by atoms with Crippen LogP contribution in [-0.4, -0.2) is 48.7 Å². The summed E-state index contributed by atoms with van der Waals surface area (Å²) < 4.78 is 27.2. The first-order valence-electron chi connectivity index (χ1n) is 8.48. The number of nitrogens with one attached hydrogen (secondary N) is 2. The van der Waals surface area contributed by atoms with Gasteiger partial charge in [0.2, 0.25) is 0 Å². The lowest BCUT2D eigenvalue weighted by molar-refractivity contribution is 0.262. The number of benzene rings is 1. The van der Waals surface area contributed by atoms with Gasteiger partial charge in [-0.25, -0.2) is 9.78 Å². The van der Waals surface area contributed by atoms with Crippen LogP contribution in [0.3, 0.4) is 0 Å². The van der Waals surface area contributed by atoms with E-state index in [1.54, 1.807) is 0 Å². The van der Waals surface area contributed by atoms with Gasteiger partial charge in [0.15, 0.2) is 5.13 Å². The predicted octanol–water partition coefficient (Wildman–Crippen LogP) is 2.57. The van der Waals surface area contributed by atoms with E-state index in [4.69, 9.17) is 0 Å².